The van der Waals surface area contributed by atoms with Crippen molar-refractivity contribution in [3.05, 3.63) is 65.1 Å². The third-order valence-corrected chi connectivity index (χ3v) is 3.79. The number of hydrogen-bond donors (Lipinski definition) is 1. The van der Waals surface area contributed by atoms with E-state index in [2.05, 4.69) is 10.3 Å². The lowest BCUT2D eigenvalue weighted by Gasteiger charge is -2.12. The molecule has 0 atom stereocenters. The number of benzene rings is 2. The smallest absolute Gasteiger partial charge is 0.123 e. The van der Waals surface area contributed by atoms with Gasteiger partial charge in [0, 0.05) is 5.56 Å². The number of aromatic nitrogens is 3. The summed E-state index contributed by atoms with van der Waals surface area (Å²) >= 11 is 0. The first-order chi connectivity index (χ1) is 10.6. The monoisotopic (exact) mass is 297 g/mol. The third kappa shape index (κ3) is 2.40. The molecule has 0 aliphatic rings. The van der Waals surface area contributed by atoms with Crippen LogP contribution in [0.4, 0.5) is 4.39 Å². The van der Waals surface area contributed by atoms with E-state index in [1.165, 1.54) is 12.1 Å². The second-order valence-electron chi connectivity index (χ2n) is 5.18. The van der Waals surface area contributed by atoms with Gasteiger partial charge in [-0.2, -0.15) is 0 Å². The van der Waals surface area contributed by atoms with E-state index >= 15 is 0 Å². The molecule has 1 N–H and O–H groups in total. The first-order valence-corrected chi connectivity index (χ1v) is 6.99. The van der Waals surface area contributed by atoms with Crippen LogP contribution in [0.1, 0.15) is 16.8 Å². The fourth-order valence-corrected chi connectivity index (χ4v) is 2.48. The van der Waals surface area contributed by atoms with Crippen LogP contribution in [0.15, 0.2) is 42.5 Å². The van der Waals surface area contributed by atoms with Crippen LogP contribution in [-0.4, -0.2) is 20.1 Å². The van der Waals surface area contributed by atoms with E-state index < -0.39 is 0 Å². The van der Waals surface area contributed by atoms with Crippen molar-refractivity contribution in [3.8, 4) is 16.9 Å². The van der Waals surface area contributed by atoms with Crippen molar-refractivity contribution in [1.29, 1.82) is 0 Å². The minimum atomic E-state index is -0.338. The number of halogens is 1. The van der Waals surface area contributed by atoms with Crippen molar-refractivity contribution in [2.24, 2.45) is 0 Å². The van der Waals surface area contributed by atoms with Crippen LogP contribution in [0.2, 0.25) is 0 Å². The lowest BCUT2D eigenvalue weighted by Crippen LogP contribution is -2.03. The predicted molar refractivity (Wildman–Crippen MR) is 82.1 cm³/mol. The molecule has 112 valence electrons. The quantitative estimate of drug-likeness (QED) is 0.808. The highest BCUT2D eigenvalue weighted by molar-refractivity contribution is 5.65. The van der Waals surface area contributed by atoms with Gasteiger partial charge in [-0.05, 0) is 43.2 Å². The average molecular weight is 297 g/mol. The van der Waals surface area contributed by atoms with Gasteiger partial charge < -0.3 is 5.11 Å². The molecule has 1 aromatic heterocycles. The Morgan fingerprint density at radius 2 is 1.91 bits per heavy atom. The zero-order chi connectivity index (χ0) is 15.7. The molecule has 0 bridgehead atoms. The molecular formula is C17H16FN3O. The Kier molecular flexibility index (Phi) is 3.73. The summed E-state index contributed by atoms with van der Waals surface area (Å²) in [4.78, 5) is 0. The van der Waals surface area contributed by atoms with Crippen LogP contribution in [0, 0.1) is 19.7 Å². The summed E-state index contributed by atoms with van der Waals surface area (Å²) in [7, 11) is 0. The number of nitrogens with zero attached hydrogens (tertiary/aromatic N) is 3. The molecule has 0 radical (unpaired) electrons. The lowest BCUT2D eigenvalue weighted by atomic mass is 10.1. The second-order valence-corrected chi connectivity index (χ2v) is 5.18. The van der Waals surface area contributed by atoms with E-state index in [4.69, 9.17) is 0 Å². The Bertz CT molecular complexity index is 827. The van der Waals surface area contributed by atoms with Gasteiger partial charge in [-0.15, -0.1) is 5.10 Å². The predicted octanol–water partition coefficient (Wildman–Crippen LogP) is 3.18. The number of hydrogen-bond acceptors (Lipinski definition) is 3. The van der Waals surface area contributed by atoms with E-state index in [0.717, 1.165) is 16.8 Å². The normalized spacial score (nSPS) is 10.9. The molecule has 4 nitrogen and oxygen atoms in total. The fourth-order valence-electron chi connectivity index (χ4n) is 2.48. The molecule has 3 aromatic rings. The second kappa shape index (κ2) is 5.69. The Balaban J connectivity index is 2.26. The summed E-state index contributed by atoms with van der Waals surface area (Å²) in [6.07, 6.45) is 0. The largest absolute Gasteiger partial charge is 0.390 e. The molecule has 1 heterocycles. The van der Waals surface area contributed by atoms with E-state index in [-0.39, 0.29) is 12.4 Å². The Morgan fingerprint density at radius 3 is 2.64 bits per heavy atom. The van der Waals surface area contributed by atoms with E-state index in [9.17, 15) is 9.50 Å². The van der Waals surface area contributed by atoms with Crippen LogP contribution in [0.5, 0.6) is 0 Å². The third-order valence-electron chi connectivity index (χ3n) is 3.79. The van der Waals surface area contributed by atoms with Crippen LogP contribution in [0.3, 0.4) is 0 Å². The van der Waals surface area contributed by atoms with Gasteiger partial charge in [0.15, 0.2) is 0 Å². The van der Waals surface area contributed by atoms with Crippen LogP contribution in [-0.2, 0) is 6.61 Å². The van der Waals surface area contributed by atoms with E-state index in [1.54, 1.807) is 16.8 Å². The zero-order valence-electron chi connectivity index (χ0n) is 12.4. The summed E-state index contributed by atoms with van der Waals surface area (Å²) in [6, 6.07) is 12.1. The Morgan fingerprint density at radius 1 is 1.14 bits per heavy atom. The molecule has 5 heteroatoms. The first kappa shape index (κ1) is 14.4. The molecule has 0 unspecified atom stereocenters. The van der Waals surface area contributed by atoms with Gasteiger partial charge in [-0.3, -0.25) is 0 Å². The summed E-state index contributed by atoms with van der Waals surface area (Å²) in [5, 5.41) is 17.7. The van der Waals surface area contributed by atoms with Crippen molar-refractivity contribution < 1.29 is 9.50 Å². The molecule has 22 heavy (non-hydrogen) atoms. The summed E-state index contributed by atoms with van der Waals surface area (Å²) in [5.41, 5.74) is 4.72. The Labute approximate surface area is 127 Å². The highest BCUT2D eigenvalue weighted by Crippen LogP contribution is 2.28. The van der Waals surface area contributed by atoms with E-state index in [1.807, 2.05) is 32.0 Å². The highest BCUT2D eigenvalue weighted by Gasteiger charge is 2.17. The zero-order valence-corrected chi connectivity index (χ0v) is 12.4. The van der Waals surface area contributed by atoms with Gasteiger partial charge in [0.1, 0.15) is 17.2 Å². The molecule has 0 saturated carbocycles. The van der Waals surface area contributed by atoms with Crippen LogP contribution in [0.25, 0.3) is 16.9 Å². The number of aliphatic hydroxyl groups excluding tert-OH is 1. The number of aryl methyl sites for hydroxylation is 1. The lowest BCUT2D eigenvalue weighted by molar-refractivity contribution is 0.277. The van der Waals surface area contributed by atoms with Gasteiger partial charge in [0.2, 0.25) is 0 Å². The van der Waals surface area contributed by atoms with Crippen molar-refractivity contribution >= 4 is 0 Å². The van der Waals surface area contributed by atoms with Crippen molar-refractivity contribution in [2.45, 2.75) is 20.5 Å². The average Bonchev–Trinajstić information content (AvgIpc) is 2.93. The first-order valence-electron chi connectivity index (χ1n) is 6.99. The van der Waals surface area contributed by atoms with Gasteiger partial charge in [0.25, 0.3) is 0 Å². The molecular weight excluding hydrogens is 281 g/mol. The number of aliphatic hydroxyl groups is 1. The Hall–Kier alpha value is -2.53. The van der Waals surface area contributed by atoms with Gasteiger partial charge >= 0.3 is 0 Å². The molecule has 0 aliphatic heterocycles. The van der Waals surface area contributed by atoms with Gasteiger partial charge in [-0.25, -0.2) is 9.07 Å². The minimum absolute atomic E-state index is 0.253. The van der Waals surface area contributed by atoms with Crippen molar-refractivity contribution in [2.75, 3.05) is 0 Å². The molecule has 2 aromatic carbocycles. The molecule has 0 amide bonds. The van der Waals surface area contributed by atoms with Crippen LogP contribution >= 0.6 is 0 Å². The summed E-state index contributed by atoms with van der Waals surface area (Å²) in [6.45, 7) is 3.77. The highest BCUT2D eigenvalue weighted by atomic mass is 19.1. The maximum absolute atomic E-state index is 13.6. The molecule has 0 aliphatic carbocycles. The molecule has 0 fully saturated rings. The topological polar surface area (TPSA) is 50.9 Å². The fraction of sp³-hybridized carbons (Fsp3) is 0.176. The maximum Gasteiger partial charge on any atom is 0.123 e. The summed E-state index contributed by atoms with van der Waals surface area (Å²) in [5.74, 6) is -0.338. The number of rotatable bonds is 3. The minimum Gasteiger partial charge on any atom is -0.390 e. The maximum atomic E-state index is 13.6. The molecule has 0 spiro atoms. The van der Waals surface area contributed by atoms with Crippen LogP contribution < -0.4 is 0 Å². The SMILES string of the molecule is Cc1cccc(-n2nnc(CO)c2-c2cccc(F)c2)c1C. The van der Waals surface area contributed by atoms with E-state index in [0.29, 0.717) is 17.0 Å². The summed E-state index contributed by atoms with van der Waals surface area (Å²) < 4.78 is 15.2. The van der Waals surface area contributed by atoms with Crippen molar-refractivity contribution in [1.82, 2.24) is 15.0 Å². The standard InChI is InChI=1S/C17H16FN3O/c1-11-5-3-8-16(12(11)2)21-17(15(10-22)19-20-21)13-6-4-7-14(18)9-13/h3-9,22H,10H2,1-2H3. The molecule has 3 rings (SSSR count). The van der Waals surface area contributed by atoms with Gasteiger partial charge in [0.05, 0.1) is 12.3 Å². The van der Waals surface area contributed by atoms with Crippen molar-refractivity contribution in [3.63, 3.8) is 0 Å². The van der Waals surface area contributed by atoms with Gasteiger partial charge in [-0.1, -0.05) is 29.5 Å². The molecule has 0 saturated heterocycles.